The van der Waals surface area contributed by atoms with Gasteiger partial charge in [0, 0.05) is 41.7 Å². The van der Waals surface area contributed by atoms with Crippen molar-refractivity contribution in [3.63, 3.8) is 0 Å². The number of nitrogens with two attached hydrogens (primary N) is 1. The fraction of sp³-hybridized carbons (Fsp3) is 0.211. The number of ether oxygens (including phenoxy) is 1. The molecule has 0 spiro atoms. The Kier molecular flexibility index (Phi) is 4.37. The number of oxazole rings is 1. The van der Waals surface area contributed by atoms with Gasteiger partial charge < -0.3 is 19.8 Å². The van der Waals surface area contributed by atoms with Crippen molar-refractivity contribution in [3.8, 4) is 11.5 Å². The van der Waals surface area contributed by atoms with Crippen LogP contribution in [0.1, 0.15) is 11.1 Å². The molecule has 7 nitrogen and oxygen atoms in total. The van der Waals surface area contributed by atoms with E-state index in [1.165, 1.54) is 6.26 Å². The Morgan fingerprint density at radius 3 is 2.69 bits per heavy atom. The van der Waals surface area contributed by atoms with Crippen LogP contribution < -0.4 is 10.6 Å². The lowest BCUT2D eigenvalue weighted by Gasteiger charge is -2.28. The summed E-state index contributed by atoms with van der Waals surface area (Å²) in [5.74, 6) is 1.35. The first-order chi connectivity index (χ1) is 12.7. The molecule has 1 fully saturated rings. The summed E-state index contributed by atoms with van der Waals surface area (Å²) < 4.78 is 10.7. The summed E-state index contributed by atoms with van der Waals surface area (Å²) in [5.41, 5.74) is 9.19. The van der Waals surface area contributed by atoms with Crippen LogP contribution in [0.15, 0.2) is 53.4 Å². The number of nitrogens with zero attached hydrogens (tertiary/aromatic N) is 3. The van der Waals surface area contributed by atoms with Gasteiger partial charge in [0.15, 0.2) is 0 Å². The van der Waals surface area contributed by atoms with Gasteiger partial charge in [0.25, 0.3) is 0 Å². The van der Waals surface area contributed by atoms with E-state index in [4.69, 9.17) is 20.3 Å². The van der Waals surface area contributed by atoms with Gasteiger partial charge >= 0.3 is 0 Å². The molecule has 0 radical (unpaired) electrons. The van der Waals surface area contributed by atoms with Gasteiger partial charge in [-0.2, -0.15) is 0 Å². The first-order valence-electron chi connectivity index (χ1n) is 8.40. The van der Waals surface area contributed by atoms with Crippen LogP contribution >= 0.6 is 0 Å². The highest BCUT2D eigenvalue weighted by molar-refractivity contribution is 6.14. The molecule has 0 amide bonds. The number of anilines is 2. The van der Waals surface area contributed by atoms with Gasteiger partial charge in [0.2, 0.25) is 5.89 Å². The van der Waals surface area contributed by atoms with Crippen LogP contribution in [0.3, 0.4) is 0 Å². The summed E-state index contributed by atoms with van der Waals surface area (Å²) in [5, 5.41) is 8.64. The van der Waals surface area contributed by atoms with E-state index >= 15 is 0 Å². The summed E-state index contributed by atoms with van der Waals surface area (Å²) in [6.07, 6.45) is 4.84. The van der Waals surface area contributed by atoms with Gasteiger partial charge in [-0.25, -0.2) is 9.97 Å². The Bertz CT molecular complexity index is 917. The number of morpholine rings is 1. The molecule has 0 unspecified atom stereocenters. The van der Waals surface area contributed by atoms with Crippen LogP contribution in [0.2, 0.25) is 0 Å². The third-order valence-corrected chi connectivity index (χ3v) is 4.37. The number of aromatic nitrogens is 2. The standard InChI is InChI=1S/C19H19N5O2/c20-16-2-1-14(19-23-5-8-26-19)11-15(16)18(21)13-3-4-22-17(12-13)24-6-9-25-10-7-24/h1-5,8,11-12,21H,6-7,9-10,20H2. The Morgan fingerprint density at radius 2 is 1.92 bits per heavy atom. The van der Waals surface area contributed by atoms with Gasteiger partial charge in [-0.05, 0) is 30.3 Å². The zero-order valence-electron chi connectivity index (χ0n) is 14.2. The number of rotatable bonds is 4. The smallest absolute Gasteiger partial charge is 0.225 e. The molecule has 0 saturated carbocycles. The monoisotopic (exact) mass is 349 g/mol. The topological polar surface area (TPSA) is 101 Å². The third-order valence-electron chi connectivity index (χ3n) is 4.37. The number of benzene rings is 1. The quantitative estimate of drug-likeness (QED) is 0.554. The number of hydrogen-bond donors (Lipinski definition) is 2. The second-order valence-electron chi connectivity index (χ2n) is 6.02. The van der Waals surface area contributed by atoms with Gasteiger partial charge in [0.1, 0.15) is 12.1 Å². The average molecular weight is 349 g/mol. The second kappa shape index (κ2) is 6.97. The molecule has 1 aliphatic heterocycles. The molecule has 0 aliphatic carbocycles. The molecule has 1 aromatic carbocycles. The molecule has 7 heteroatoms. The maximum absolute atomic E-state index is 8.64. The van der Waals surface area contributed by atoms with Gasteiger partial charge in [-0.1, -0.05) is 0 Å². The maximum Gasteiger partial charge on any atom is 0.225 e. The van der Waals surface area contributed by atoms with E-state index < -0.39 is 0 Å². The van der Waals surface area contributed by atoms with E-state index in [-0.39, 0.29) is 0 Å². The van der Waals surface area contributed by atoms with Crippen molar-refractivity contribution in [2.24, 2.45) is 0 Å². The maximum atomic E-state index is 8.64. The van der Waals surface area contributed by atoms with Crippen LogP contribution in [0.25, 0.3) is 11.5 Å². The molecule has 3 heterocycles. The minimum Gasteiger partial charge on any atom is -0.445 e. The summed E-state index contributed by atoms with van der Waals surface area (Å²) in [6.45, 7) is 2.97. The zero-order valence-corrected chi connectivity index (χ0v) is 14.2. The summed E-state index contributed by atoms with van der Waals surface area (Å²) in [4.78, 5) is 10.8. The Labute approximate surface area is 150 Å². The zero-order chi connectivity index (χ0) is 17.9. The molecular formula is C19H19N5O2. The molecule has 132 valence electrons. The van der Waals surface area contributed by atoms with Crippen LogP contribution in [0.5, 0.6) is 0 Å². The predicted molar refractivity (Wildman–Crippen MR) is 99.6 cm³/mol. The minimum atomic E-state index is 0.341. The lowest BCUT2D eigenvalue weighted by molar-refractivity contribution is 0.122. The highest BCUT2D eigenvalue weighted by Gasteiger charge is 2.16. The van der Waals surface area contributed by atoms with E-state index in [1.807, 2.05) is 24.3 Å². The van der Waals surface area contributed by atoms with Crippen molar-refractivity contribution in [2.45, 2.75) is 0 Å². The molecular weight excluding hydrogens is 330 g/mol. The van der Waals surface area contributed by atoms with Crippen molar-refractivity contribution in [1.82, 2.24) is 9.97 Å². The first kappa shape index (κ1) is 16.3. The Hall–Kier alpha value is -3.19. The molecule has 3 aromatic rings. The van der Waals surface area contributed by atoms with Crippen LogP contribution in [-0.2, 0) is 4.74 Å². The van der Waals surface area contributed by atoms with Gasteiger partial charge in [-0.15, -0.1) is 0 Å². The Balaban J connectivity index is 1.66. The van der Waals surface area contributed by atoms with Crippen molar-refractivity contribution in [2.75, 3.05) is 36.9 Å². The molecule has 1 saturated heterocycles. The highest BCUT2D eigenvalue weighted by atomic mass is 16.5. The predicted octanol–water partition coefficient (Wildman–Crippen LogP) is 2.57. The van der Waals surface area contributed by atoms with Gasteiger partial charge in [0.05, 0.1) is 25.1 Å². The van der Waals surface area contributed by atoms with Gasteiger partial charge in [-0.3, -0.25) is 5.41 Å². The van der Waals surface area contributed by atoms with E-state index in [0.29, 0.717) is 36.1 Å². The fourth-order valence-corrected chi connectivity index (χ4v) is 2.97. The van der Waals surface area contributed by atoms with E-state index in [2.05, 4.69) is 14.9 Å². The highest BCUT2D eigenvalue weighted by Crippen LogP contribution is 2.25. The molecule has 0 bridgehead atoms. The SMILES string of the molecule is N=C(c1ccnc(N2CCOCC2)c1)c1cc(-c2ncco2)ccc1N. The number of hydrogen-bond acceptors (Lipinski definition) is 7. The average Bonchev–Trinajstić information content (AvgIpc) is 3.23. The van der Waals surface area contributed by atoms with E-state index in [1.54, 1.807) is 18.5 Å². The number of nitrogen functional groups attached to an aromatic ring is 1. The summed E-state index contributed by atoms with van der Waals surface area (Å²) >= 11 is 0. The van der Waals surface area contributed by atoms with E-state index in [0.717, 1.165) is 30.0 Å². The van der Waals surface area contributed by atoms with Crippen LogP contribution in [0, 0.1) is 5.41 Å². The number of nitrogens with one attached hydrogen (secondary N) is 1. The molecule has 4 rings (SSSR count). The lowest BCUT2D eigenvalue weighted by Crippen LogP contribution is -2.36. The summed E-state index contributed by atoms with van der Waals surface area (Å²) in [6, 6.07) is 9.18. The Morgan fingerprint density at radius 1 is 1.08 bits per heavy atom. The van der Waals surface area contributed by atoms with Crippen LogP contribution in [-0.4, -0.2) is 42.0 Å². The molecule has 0 atom stereocenters. The van der Waals surface area contributed by atoms with E-state index in [9.17, 15) is 0 Å². The molecule has 1 aliphatic rings. The first-order valence-corrected chi connectivity index (χ1v) is 8.40. The van der Waals surface area contributed by atoms with Crippen LogP contribution in [0.4, 0.5) is 11.5 Å². The van der Waals surface area contributed by atoms with Crippen molar-refractivity contribution >= 4 is 17.2 Å². The number of pyridine rings is 1. The molecule has 26 heavy (non-hydrogen) atoms. The minimum absolute atomic E-state index is 0.341. The third kappa shape index (κ3) is 3.16. The van der Waals surface area contributed by atoms with Crippen molar-refractivity contribution in [1.29, 1.82) is 5.41 Å². The van der Waals surface area contributed by atoms with Crippen molar-refractivity contribution in [3.05, 3.63) is 60.1 Å². The molecule has 3 N–H and O–H groups in total. The largest absolute Gasteiger partial charge is 0.445 e. The summed E-state index contributed by atoms with van der Waals surface area (Å²) in [7, 11) is 0. The lowest BCUT2D eigenvalue weighted by atomic mass is 9.99. The fourth-order valence-electron chi connectivity index (χ4n) is 2.97. The second-order valence-corrected chi connectivity index (χ2v) is 6.02. The normalized spacial score (nSPS) is 14.4. The molecule has 2 aromatic heterocycles. The van der Waals surface area contributed by atoms with Crippen molar-refractivity contribution < 1.29 is 9.15 Å².